The standard InChI is InChI=1S/C22H15F8NO4/c1-20(2,3)35-19(33)21(4-5-21)31-10-6-8(9(23)7-11(10)34-22(29,30)18(31)32)12-13(24)15(26)17(28)16(27)14(12)25/h6-7H,4-5H2,1-3H3. The first kappa shape index (κ1) is 24.7. The van der Waals surface area contributed by atoms with Crippen molar-refractivity contribution in [1.82, 2.24) is 0 Å². The number of esters is 1. The van der Waals surface area contributed by atoms with E-state index in [4.69, 9.17) is 4.74 Å². The summed E-state index contributed by atoms with van der Waals surface area (Å²) in [6.45, 7) is 4.42. The minimum atomic E-state index is -4.57. The first-order valence-electron chi connectivity index (χ1n) is 10.0. The molecule has 1 amide bonds. The highest BCUT2D eigenvalue weighted by atomic mass is 19.3. The lowest BCUT2D eigenvalue weighted by molar-refractivity contribution is -0.194. The van der Waals surface area contributed by atoms with Crippen molar-refractivity contribution in [2.45, 2.75) is 50.9 Å². The Morgan fingerprint density at radius 2 is 1.46 bits per heavy atom. The Labute approximate surface area is 192 Å². The van der Waals surface area contributed by atoms with Gasteiger partial charge in [0.05, 0.1) is 11.3 Å². The molecule has 1 heterocycles. The van der Waals surface area contributed by atoms with E-state index in [9.17, 15) is 44.7 Å². The molecule has 0 aromatic heterocycles. The molecule has 0 bridgehead atoms. The molecule has 0 N–H and O–H groups in total. The number of carbonyl (C=O) groups excluding carboxylic acids is 2. The Balaban J connectivity index is 1.95. The molecule has 188 valence electrons. The van der Waals surface area contributed by atoms with Gasteiger partial charge >= 0.3 is 18.0 Å². The van der Waals surface area contributed by atoms with Gasteiger partial charge in [-0.1, -0.05) is 0 Å². The molecule has 35 heavy (non-hydrogen) atoms. The highest BCUT2D eigenvalue weighted by Gasteiger charge is 2.65. The second-order valence-corrected chi connectivity index (χ2v) is 9.04. The van der Waals surface area contributed by atoms with Crippen LogP contribution >= 0.6 is 0 Å². The molecular formula is C22H15F8NO4. The SMILES string of the molecule is CC(C)(C)OC(=O)C1(N2C(=O)C(F)(F)Oc3cc(F)c(-c4c(F)c(F)c(F)c(F)c4F)cc32)CC1. The monoisotopic (exact) mass is 509 g/mol. The maximum Gasteiger partial charge on any atom is 0.483 e. The van der Waals surface area contributed by atoms with E-state index in [0.29, 0.717) is 6.07 Å². The van der Waals surface area contributed by atoms with Crippen LogP contribution in [0.3, 0.4) is 0 Å². The maximum absolute atomic E-state index is 14.8. The van der Waals surface area contributed by atoms with Gasteiger partial charge in [-0.3, -0.25) is 9.69 Å². The Morgan fingerprint density at radius 1 is 0.943 bits per heavy atom. The van der Waals surface area contributed by atoms with Gasteiger partial charge in [-0.2, -0.15) is 8.78 Å². The average molecular weight is 509 g/mol. The molecule has 1 saturated carbocycles. The fraction of sp³-hybridized carbons (Fsp3) is 0.364. The molecule has 4 rings (SSSR count). The Kier molecular flexibility index (Phi) is 5.34. The topological polar surface area (TPSA) is 55.8 Å². The molecule has 13 heteroatoms. The first-order chi connectivity index (χ1) is 16.0. The lowest BCUT2D eigenvalue weighted by Crippen LogP contribution is -2.59. The van der Waals surface area contributed by atoms with Crippen LogP contribution in [-0.2, 0) is 14.3 Å². The van der Waals surface area contributed by atoms with Gasteiger partial charge in [-0.05, 0) is 39.7 Å². The summed E-state index contributed by atoms with van der Waals surface area (Å²) in [6, 6.07) is 0.599. The zero-order chi connectivity index (χ0) is 26.2. The van der Waals surface area contributed by atoms with Crippen LogP contribution in [0.2, 0.25) is 0 Å². The molecule has 2 aromatic carbocycles. The van der Waals surface area contributed by atoms with E-state index in [-0.39, 0.29) is 23.8 Å². The fourth-order valence-electron chi connectivity index (χ4n) is 3.69. The van der Waals surface area contributed by atoms with Gasteiger partial charge in [0.25, 0.3) is 0 Å². The van der Waals surface area contributed by atoms with Gasteiger partial charge < -0.3 is 9.47 Å². The highest BCUT2D eigenvalue weighted by molar-refractivity contribution is 6.09. The smallest absolute Gasteiger partial charge is 0.458 e. The van der Waals surface area contributed by atoms with E-state index in [1.54, 1.807) is 0 Å². The number of nitrogens with zero attached hydrogens (tertiary/aromatic N) is 1. The molecule has 2 aliphatic rings. The number of carbonyl (C=O) groups is 2. The predicted molar refractivity (Wildman–Crippen MR) is 102 cm³/mol. The Morgan fingerprint density at radius 3 is 1.94 bits per heavy atom. The van der Waals surface area contributed by atoms with Gasteiger partial charge in [0.1, 0.15) is 17.0 Å². The minimum Gasteiger partial charge on any atom is -0.458 e. The van der Waals surface area contributed by atoms with Gasteiger partial charge in [-0.15, -0.1) is 0 Å². The number of benzene rings is 2. The molecular weight excluding hydrogens is 494 g/mol. The maximum atomic E-state index is 14.8. The number of fused-ring (bicyclic) bond motifs is 1. The number of rotatable bonds is 3. The van der Waals surface area contributed by atoms with Crippen molar-refractivity contribution in [3.05, 3.63) is 47.0 Å². The number of alkyl halides is 2. The molecule has 1 aliphatic carbocycles. The van der Waals surface area contributed by atoms with Crippen molar-refractivity contribution in [3.63, 3.8) is 0 Å². The molecule has 0 radical (unpaired) electrons. The van der Waals surface area contributed by atoms with Crippen molar-refractivity contribution >= 4 is 17.6 Å². The third kappa shape index (κ3) is 3.76. The second-order valence-electron chi connectivity index (χ2n) is 9.04. The number of anilines is 1. The molecule has 1 fully saturated rings. The summed E-state index contributed by atoms with van der Waals surface area (Å²) >= 11 is 0. The summed E-state index contributed by atoms with van der Waals surface area (Å²) in [4.78, 5) is 25.7. The van der Waals surface area contributed by atoms with E-state index in [1.807, 2.05) is 0 Å². The third-order valence-electron chi connectivity index (χ3n) is 5.39. The van der Waals surface area contributed by atoms with Gasteiger partial charge in [-0.25, -0.2) is 31.1 Å². The summed E-state index contributed by atoms with van der Waals surface area (Å²) in [5.74, 6) is -17.9. The first-order valence-corrected chi connectivity index (χ1v) is 10.0. The summed E-state index contributed by atoms with van der Waals surface area (Å²) in [7, 11) is 0. The van der Waals surface area contributed by atoms with E-state index >= 15 is 0 Å². The second kappa shape index (κ2) is 7.56. The summed E-state index contributed by atoms with van der Waals surface area (Å²) in [6.07, 6.45) is -4.90. The van der Waals surface area contributed by atoms with Crippen LogP contribution in [0.15, 0.2) is 12.1 Å². The Bertz CT molecular complexity index is 1250. The number of hydrogen-bond acceptors (Lipinski definition) is 4. The third-order valence-corrected chi connectivity index (χ3v) is 5.39. The van der Waals surface area contributed by atoms with Crippen LogP contribution in [0, 0.1) is 34.9 Å². The van der Waals surface area contributed by atoms with Crippen molar-refractivity contribution in [2.75, 3.05) is 4.90 Å². The number of halogens is 8. The minimum absolute atomic E-state index is 0.168. The van der Waals surface area contributed by atoms with E-state index < -0.39 is 86.6 Å². The van der Waals surface area contributed by atoms with Crippen molar-refractivity contribution in [2.24, 2.45) is 0 Å². The number of amides is 1. The number of hydrogen-bond donors (Lipinski definition) is 0. The highest BCUT2D eigenvalue weighted by Crippen LogP contribution is 2.53. The van der Waals surface area contributed by atoms with Gasteiger partial charge in [0.15, 0.2) is 29.0 Å². The predicted octanol–water partition coefficient (Wildman–Crippen LogP) is 5.38. The summed E-state index contributed by atoms with van der Waals surface area (Å²) in [5, 5.41) is 0. The molecule has 0 atom stereocenters. The molecule has 1 aliphatic heterocycles. The zero-order valence-corrected chi connectivity index (χ0v) is 18.2. The van der Waals surface area contributed by atoms with Crippen LogP contribution in [0.25, 0.3) is 11.1 Å². The van der Waals surface area contributed by atoms with Crippen molar-refractivity contribution < 1.29 is 54.2 Å². The molecule has 2 aromatic rings. The van der Waals surface area contributed by atoms with Crippen molar-refractivity contribution in [3.8, 4) is 16.9 Å². The lowest BCUT2D eigenvalue weighted by Gasteiger charge is -2.38. The quantitative estimate of drug-likeness (QED) is 0.241. The van der Waals surface area contributed by atoms with E-state index in [1.165, 1.54) is 20.8 Å². The van der Waals surface area contributed by atoms with Crippen molar-refractivity contribution in [1.29, 1.82) is 0 Å². The zero-order valence-electron chi connectivity index (χ0n) is 18.2. The fourth-order valence-corrected chi connectivity index (χ4v) is 3.69. The number of ether oxygens (including phenoxy) is 2. The van der Waals surface area contributed by atoms with Crippen LogP contribution in [0.4, 0.5) is 40.8 Å². The van der Waals surface area contributed by atoms with Gasteiger partial charge in [0.2, 0.25) is 5.82 Å². The van der Waals surface area contributed by atoms with Crippen LogP contribution < -0.4 is 9.64 Å². The van der Waals surface area contributed by atoms with E-state index in [0.717, 1.165) is 0 Å². The lowest BCUT2D eigenvalue weighted by atomic mass is 9.99. The normalized spacial score (nSPS) is 18.1. The largest absolute Gasteiger partial charge is 0.483 e. The van der Waals surface area contributed by atoms with Gasteiger partial charge in [0, 0.05) is 11.6 Å². The summed E-state index contributed by atoms with van der Waals surface area (Å²) < 4.78 is 123. The van der Waals surface area contributed by atoms with Crippen LogP contribution in [0.5, 0.6) is 5.75 Å². The van der Waals surface area contributed by atoms with Crippen LogP contribution in [0.1, 0.15) is 33.6 Å². The van der Waals surface area contributed by atoms with Crippen LogP contribution in [-0.4, -0.2) is 29.1 Å². The molecule has 0 spiro atoms. The molecule has 5 nitrogen and oxygen atoms in total. The molecule has 0 unspecified atom stereocenters. The van der Waals surface area contributed by atoms with E-state index in [2.05, 4.69) is 4.74 Å². The Hall–Kier alpha value is -3.38. The summed E-state index contributed by atoms with van der Waals surface area (Å²) in [5.41, 5.74) is -6.78. The average Bonchev–Trinajstić information content (AvgIpc) is 3.53. The molecule has 0 saturated heterocycles.